The Labute approximate surface area is 105 Å². The summed E-state index contributed by atoms with van der Waals surface area (Å²) in [6.07, 6.45) is -1.09. The third-order valence-corrected chi connectivity index (χ3v) is 2.55. The number of hydrogen-bond donors (Lipinski definition) is 3. The molecule has 4 heteroatoms. The van der Waals surface area contributed by atoms with Gasteiger partial charge >= 0.3 is 6.09 Å². The van der Waals surface area contributed by atoms with Crippen molar-refractivity contribution in [3.05, 3.63) is 60.2 Å². The van der Waals surface area contributed by atoms with Crippen molar-refractivity contribution in [2.45, 2.75) is 6.54 Å². The highest BCUT2D eigenvalue weighted by Crippen LogP contribution is 2.18. The third kappa shape index (κ3) is 3.33. The molecule has 0 aromatic heterocycles. The Morgan fingerprint density at radius 3 is 2.17 bits per heavy atom. The van der Waals surface area contributed by atoms with Crippen LogP contribution in [0.1, 0.15) is 5.56 Å². The summed E-state index contributed by atoms with van der Waals surface area (Å²) in [6.45, 7) is 0.460. The maximum Gasteiger partial charge on any atom is 0.419 e. The summed E-state index contributed by atoms with van der Waals surface area (Å²) in [7, 11) is 0. The van der Waals surface area contributed by atoms with Crippen molar-refractivity contribution in [3.8, 4) is 11.1 Å². The first-order valence-corrected chi connectivity index (χ1v) is 5.62. The summed E-state index contributed by atoms with van der Waals surface area (Å²) >= 11 is 0. The van der Waals surface area contributed by atoms with Gasteiger partial charge in [0.05, 0.1) is 0 Å². The second-order valence-corrected chi connectivity index (χ2v) is 3.85. The van der Waals surface area contributed by atoms with Gasteiger partial charge in [-0.15, -0.1) is 0 Å². The Bertz CT molecular complexity index is 509. The van der Waals surface area contributed by atoms with Crippen LogP contribution in [0.2, 0.25) is 0 Å². The van der Waals surface area contributed by atoms with E-state index in [-0.39, 0.29) is 0 Å². The number of amides is 1. The van der Waals surface area contributed by atoms with Crippen LogP contribution in [0.5, 0.6) is 0 Å². The molecule has 0 heterocycles. The van der Waals surface area contributed by atoms with Crippen LogP contribution in [0.4, 0.5) is 4.79 Å². The highest BCUT2D eigenvalue weighted by Gasteiger charge is 1.98. The van der Waals surface area contributed by atoms with E-state index in [9.17, 15) is 4.79 Å². The van der Waals surface area contributed by atoms with Gasteiger partial charge in [-0.2, -0.15) is 0 Å². The van der Waals surface area contributed by atoms with Gasteiger partial charge in [0.15, 0.2) is 0 Å². The molecule has 4 nitrogen and oxygen atoms in total. The molecule has 0 saturated heterocycles. The van der Waals surface area contributed by atoms with E-state index in [1.807, 2.05) is 42.5 Å². The highest BCUT2D eigenvalue weighted by atomic mass is 16.4. The fourth-order valence-corrected chi connectivity index (χ4v) is 1.67. The molecule has 92 valence electrons. The Morgan fingerprint density at radius 2 is 1.56 bits per heavy atom. The lowest BCUT2D eigenvalue weighted by Gasteiger charge is -2.06. The molecule has 0 aliphatic rings. The molecular formula is C14H14N2O2. The molecule has 0 unspecified atom stereocenters. The first-order chi connectivity index (χ1) is 8.75. The molecule has 18 heavy (non-hydrogen) atoms. The van der Waals surface area contributed by atoms with Gasteiger partial charge in [-0.05, 0) is 16.7 Å². The minimum atomic E-state index is -1.09. The maximum atomic E-state index is 10.3. The third-order valence-electron chi connectivity index (χ3n) is 2.55. The van der Waals surface area contributed by atoms with E-state index < -0.39 is 6.09 Å². The lowest BCUT2D eigenvalue weighted by atomic mass is 10.0. The van der Waals surface area contributed by atoms with Crippen molar-refractivity contribution in [1.29, 1.82) is 0 Å². The number of hydrogen-bond acceptors (Lipinski definition) is 2. The molecule has 0 fully saturated rings. The second kappa shape index (κ2) is 5.84. The summed E-state index contributed by atoms with van der Waals surface area (Å²) in [6, 6.07) is 18.1. The van der Waals surface area contributed by atoms with E-state index >= 15 is 0 Å². The lowest BCUT2D eigenvalue weighted by Crippen LogP contribution is -2.35. The van der Waals surface area contributed by atoms with Crippen molar-refractivity contribution in [3.63, 3.8) is 0 Å². The Hall–Kier alpha value is -2.33. The van der Waals surface area contributed by atoms with Crippen LogP contribution >= 0.6 is 0 Å². The monoisotopic (exact) mass is 242 g/mol. The molecule has 0 saturated carbocycles. The van der Waals surface area contributed by atoms with Gasteiger partial charge in [0.1, 0.15) is 0 Å². The molecular weight excluding hydrogens is 228 g/mol. The van der Waals surface area contributed by atoms with Crippen LogP contribution in [0.3, 0.4) is 0 Å². The first kappa shape index (κ1) is 12.1. The summed E-state index contributed by atoms with van der Waals surface area (Å²) in [5, 5.41) is 8.41. The minimum absolute atomic E-state index is 0.460. The average molecular weight is 242 g/mol. The van der Waals surface area contributed by atoms with Gasteiger partial charge in [0.2, 0.25) is 0 Å². The number of carboxylic acid groups (broad SMARTS) is 1. The van der Waals surface area contributed by atoms with E-state index in [4.69, 9.17) is 5.11 Å². The molecule has 2 rings (SSSR count). The Kier molecular flexibility index (Phi) is 3.94. The van der Waals surface area contributed by atoms with Crippen molar-refractivity contribution < 1.29 is 9.90 Å². The summed E-state index contributed by atoms with van der Waals surface area (Å²) in [4.78, 5) is 10.3. The summed E-state index contributed by atoms with van der Waals surface area (Å²) in [5.41, 5.74) is 8.05. The van der Waals surface area contributed by atoms with Gasteiger partial charge in [-0.25, -0.2) is 10.2 Å². The molecule has 3 N–H and O–H groups in total. The van der Waals surface area contributed by atoms with E-state index in [1.54, 1.807) is 0 Å². The molecule has 2 aromatic rings. The smallest absolute Gasteiger partial charge is 0.419 e. The topological polar surface area (TPSA) is 61.4 Å². The molecule has 0 bridgehead atoms. The summed E-state index contributed by atoms with van der Waals surface area (Å²) in [5.74, 6) is 0. The Morgan fingerprint density at radius 1 is 0.944 bits per heavy atom. The quantitative estimate of drug-likeness (QED) is 0.722. The number of benzene rings is 2. The number of rotatable bonds is 4. The van der Waals surface area contributed by atoms with Gasteiger partial charge in [-0.3, -0.25) is 5.43 Å². The maximum absolute atomic E-state index is 10.3. The van der Waals surface area contributed by atoms with Crippen LogP contribution in [-0.4, -0.2) is 11.2 Å². The highest BCUT2D eigenvalue weighted by molar-refractivity contribution is 5.64. The predicted molar refractivity (Wildman–Crippen MR) is 69.9 cm³/mol. The molecule has 0 aliphatic heterocycles. The molecule has 0 aliphatic carbocycles. The normalized spacial score (nSPS) is 10.0. The fourth-order valence-electron chi connectivity index (χ4n) is 1.67. The lowest BCUT2D eigenvalue weighted by molar-refractivity contribution is 0.189. The molecule has 0 radical (unpaired) electrons. The van der Waals surface area contributed by atoms with Crippen molar-refractivity contribution in [2.75, 3.05) is 0 Å². The zero-order valence-electron chi connectivity index (χ0n) is 9.76. The zero-order chi connectivity index (χ0) is 12.8. The summed E-state index contributed by atoms with van der Waals surface area (Å²) < 4.78 is 0. The van der Waals surface area contributed by atoms with E-state index in [2.05, 4.69) is 23.0 Å². The molecule has 0 spiro atoms. The van der Waals surface area contributed by atoms with Crippen LogP contribution in [0.25, 0.3) is 11.1 Å². The van der Waals surface area contributed by atoms with Crippen LogP contribution in [-0.2, 0) is 6.54 Å². The van der Waals surface area contributed by atoms with E-state index in [1.165, 1.54) is 5.56 Å². The van der Waals surface area contributed by atoms with Gasteiger partial charge < -0.3 is 5.11 Å². The number of nitrogens with one attached hydrogen (secondary N) is 2. The van der Waals surface area contributed by atoms with Crippen molar-refractivity contribution >= 4 is 6.09 Å². The van der Waals surface area contributed by atoms with Crippen LogP contribution in [0.15, 0.2) is 54.6 Å². The van der Waals surface area contributed by atoms with E-state index in [0.717, 1.165) is 11.1 Å². The van der Waals surface area contributed by atoms with Crippen LogP contribution in [0, 0.1) is 0 Å². The SMILES string of the molecule is O=C(O)NNCc1ccc(-c2ccccc2)cc1. The number of carbonyl (C=O) groups is 1. The molecule has 2 aromatic carbocycles. The Balaban J connectivity index is 2.00. The fraction of sp³-hybridized carbons (Fsp3) is 0.0714. The molecule has 0 atom stereocenters. The van der Waals surface area contributed by atoms with Gasteiger partial charge in [0.25, 0.3) is 0 Å². The predicted octanol–water partition coefficient (Wildman–Crippen LogP) is 2.63. The van der Waals surface area contributed by atoms with Crippen molar-refractivity contribution in [1.82, 2.24) is 10.9 Å². The average Bonchev–Trinajstić information content (AvgIpc) is 2.40. The second-order valence-electron chi connectivity index (χ2n) is 3.85. The standard InChI is InChI=1S/C14H14N2O2/c17-14(18)16-15-10-11-6-8-13(9-7-11)12-4-2-1-3-5-12/h1-9,15-16H,10H2,(H,17,18). The van der Waals surface area contributed by atoms with Crippen molar-refractivity contribution in [2.24, 2.45) is 0 Å². The van der Waals surface area contributed by atoms with Crippen LogP contribution < -0.4 is 10.9 Å². The first-order valence-electron chi connectivity index (χ1n) is 5.62. The van der Waals surface area contributed by atoms with Gasteiger partial charge in [0, 0.05) is 6.54 Å². The van der Waals surface area contributed by atoms with E-state index in [0.29, 0.717) is 6.54 Å². The zero-order valence-corrected chi connectivity index (χ0v) is 9.76. The largest absolute Gasteiger partial charge is 0.464 e. The molecule has 1 amide bonds. The number of hydrazine groups is 1. The van der Waals surface area contributed by atoms with Gasteiger partial charge in [-0.1, -0.05) is 54.6 Å². The minimum Gasteiger partial charge on any atom is -0.464 e.